The van der Waals surface area contributed by atoms with Crippen LogP contribution in [-0.4, -0.2) is 34.1 Å². The van der Waals surface area contributed by atoms with E-state index in [9.17, 15) is 19.7 Å². The van der Waals surface area contributed by atoms with Crippen LogP contribution >= 0.6 is 0 Å². The molecule has 1 aromatic rings. The predicted molar refractivity (Wildman–Crippen MR) is 77.2 cm³/mol. The summed E-state index contributed by atoms with van der Waals surface area (Å²) in [4.78, 5) is 35.9. The van der Waals surface area contributed by atoms with Crippen LogP contribution in [0.4, 0.5) is 5.69 Å². The van der Waals surface area contributed by atoms with E-state index in [0.717, 1.165) is 12.8 Å². The SMILES string of the molecule is CC(=O)CC1CCCN1C(=O)c1ccc(C)c([N+](=O)[O-])c1. The molecule has 0 aliphatic carbocycles. The summed E-state index contributed by atoms with van der Waals surface area (Å²) in [7, 11) is 0. The highest BCUT2D eigenvalue weighted by molar-refractivity contribution is 5.95. The van der Waals surface area contributed by atoms with E-state index in [4.69, 9.17) is 0 Å². The normalized spacial score (nSPS) is 17.8. The third-order valence-corrected chi connectivity index (χ3v) is 3.81. The number of nitro benzene ring substituents is 1. The molecule has 1 aliphatic rings. The van der Waals surface area contributed by atoms with Gasteiger partial charge in [-0.15, -0.1) is 0 Å². The first-order valence-corrected chi connectivity index (χ1v) is 6.95. The number of nitro groups is 1. The van der Waals surface area contributed by atoms with Gasteiger partial charge in [-0.2, -0.15) is 0 Å². The zero-order valence-corrected chi connectivity index (χ0v) is 12.2. The standard InChI is InChI=1S/C15H18N2O4/c1-10-5-6-12(9-14(10)17(20)21)15(19)16-7-3-4-13(16)8-11(2)18/h5-6,9,13H,3-4,7-8H2,1-2H3. The number of carbonyl (C=O) groups is 2. The molecular formula is C15H18N2O4. The van der Waals surface area contributed by atoms with Crippen molar-refractivity contribution in [3.63, 3.8) is 0 Å². The van der Waals surface area contributed by atoms with Gasteiger partial charge in [-0.1, -0.05) is 6.07 Å². The molecule has 1 atom stereocenters. The van der Waals surface area contributed by atoms with Crippen LogP contribution in [0, 0.1) is 17.0 Å². The number of ketones is 1. The summed E-state index contributed by atoms with van der Waals surface area (Å²) in [5.41, 5.74) is 0.782. The van der Waals surface area contributed by atoms with Gasteiger partial charge >= 0.3 is 0 Å². The van der Waals surface area contributed by atoms with Crippen LogP contribution in [0.15, 0.2) is 18.2 Å². The zero-order chi connectivity index (χ0) is 15.6. The molecule has 0 saturated carbocycles. The number of hydrogen-bond donors (Lipinski definition) is 0. The number of amides is 1. The highest BCUT2D eigenvalue weighted by Gasteiger charge is 2.30. The van der Waals surface area contributed by atoms with Crippen molar-refractivity contribution in [1.29, 1.82) is 0 Å². The average molecular weight is 290 g/mol. The van der Waals surface area contributed by atoms with Crippen molar-refractivity contribution in [3.8, 4) is 0 Å². The Balaban J connectivity index is 2.25. The highest BCUT2D eigenvalue weighted by Crippen LogP contribution is 2.25. The number of likely N-dealkylation sites (tertiary alicyclic amines) is 1. The Morgan fingerprint density at radius 1 is 1.43 bits per heavy atom. The number of Topliss-reactive ketones (excluding diaryl/α,β-unsaturated/α-hetero) is 1. The molecule has 0 N–H and O–H groups in total. The monoisotopic (exact) mass is 290 g/mol. The lowest BCUT2D eigenvalue weighted by molar-refractivity contribution is -0.385. The first-order chi connectivity index (χ1) is 9.90. The number of aryl methyl sites for hydroxylation is 1. The minimum absolute atomic E-state index is 0.0505. The lowest BCUT2D eigenvalue weighted by Gasteiger charge is -2.24. The summed E-state index contributed by atoms with van der Waals surface area (Å²) in [6.45, 7) is 3.75. The molecule has 1 aromatic carbocycles. The molecule has 112 valence electrons. The van der Waals surface area contributed by atoms with Crippen molar-refractivity contribution in [2.75, 3.05) is 6.54 Å². The Labute approximate surface area is 122 Å². The van der Waals surface area contributed by atoms with Crippen molar-refractivity contribution in [2.45, 2.75) is 39.2 Å². The number of rotatable bonds is 4. The lowest BCUT2D eigenvalue weighted by atomic mass is 10.1. The van der Waals surface area contributed by atoms with Gasteiger partial charge in [0.1, 0.15) is 5.78 Å². The van der Waals surface area contributed by atoms with Crippen LogP contribution in [0.25, 0.3) is 0 Å². The fraction of sp³-hybridized carbons (Fsp3) is 0.467. The van der Waals surface area contributed by atoms with E-state index in [1.807, 2.05) is 0 Å². The second-order valence-electron chi connectivity index (χ2n) is 5.46. The van der Waals surface area contributed by atoms with Crippen LogP contribution in [0.5, 0.6) is 0 Å². The van der Waals surface area contributed by atoms with E-state index in [-0.39, 0.29) is 23.4 Å². The molecule has 0 radical (unpaired) electrons. The summed E-state index contributed by atoms with van der Waals surface area (Å²) < 4.78 is 0. The van der Waals surface area contributed by atoms with E-state index in [2.05, 4.69) is 0 Å². The van der Waals surface area contributed by atoms with Gasteiger partial charge in [0.05, 0.1) is 4.92 Å². The minimum atomic E-state index is -0.483. The van der Waals surface area contributed by atoms with Crippen molar-refractivity contribution in [2.24, 2.45) is 0 Å². The summed E-state index contributed by atoms with van der Waals surface area (Å²) >= 11 is 0. The lowest BCUT2D eigenvalue weighted by Crippen LogP contribution is -2.36. The summed E-state index contributed by atoms with van der Waals surface area (Å²) in [6, 6.07) is 4.42. The molecule has 6 nitrogen and oxygen atoms in total. The summed E-state index contributed by atoms with van der Waals surface area (Å²) in [6.07, 6.45) is 2.01. The number of nitrogens with zero attached hydrogens (tertiary/aromatic N) is 2. The van der Waals surface area contributed by atoms with Gasteiger partial charge < -0.3 is 4.90 Å². The maximum atomic E-state index is 12.5. The van der Waals surface area contributed by atoms with Crippen molar-refractivity contribution in [3.05, 3.63) is 39.4 Å². The van der Waals surface area contributed by atoms with E-state index < -0.39 is 4.92 Å². The molecule has 21 heavy (non-hydrogen) atoms. The zero-order valence-electron chi connectivity index (χ0n) is 12.2. The van der Waals surface area contributed by atoms with E-state index >= 15 is 0 Å². The predicted octanol–water partition coefficient (Wildman–Crippen LogP) is 2.49. The minimum Gasteiger partial charge on any atom is -0.335 e. The Morgan fingerprint density at radius 2 is 2.14 bits per heavy atom. The van der Waals surface area contributed by atoms with Gasteiger partial charge in [-0.05, 0) is 32.8 Å². The van der Waals surface area contributed by atoms with Crippen molar-refractivity contribution < 1.29 is 14.5 Å². The Morgan fingerprint density at radius 3 is 2.76 bits per heavy atom. The molecule has 1 aliphatic heterocycles. The third kappa shape index (κ3) is 3.26. The molecule has 0 spiro atoms. The van der Waals surface area contributed by atoms with E-state index in [1.165, 1.54) is 13.0 Å². The molecule has 1 amide bonds. The Bertz CT molecular complexity index is 597. The smallest absolute Gasteiger partial charge is 0.273 e. The van der Waals surface area contributed by atoms with Gasteiger partial charge in [0.25, 0.3) is 11.6 Å². The third-order valence-electron chi connectivity index (χ3n) is 3.81. The maximum Gasteiger partial charge on any atom is 0.273 e. The number of benzene rings is 1. The number of hydrogen-bond acceptors (Lipinski definition) is 4. The summed E-state index contributed by atoms with van der Waals surface area (Å²) in [5.74, 6) is -0.184. The van der Waals surface area contributed by atoms with Gasteiger partial charge in [0, 0.05) is 36.2 Å². The molecule has 6 heteroatoms. The van der Waals surface area contributed by atoms with Gasteiger partial charge in [-0.3, -0.25) is 19.7 Å². The van der Waals surface area contributed by atoms with Crippen molar-refractivity contribution in [1.82, 2.24) is 4.90 Å². The van der Waals surface area contributed by atoms with Gasteiger partial charge in [-0.25, -0.2) is 0 Å². The van der Waals surface area contributed by atoms with Crippen LogP contribution in [0.2, 0.25) is 0 Å². The largest absolute Gasteiger partial charge is 0.335 e. The average Bonchev–Trinajstić information content (AvgIpc) is 2.85. The van der Waals surface area contributed by atoms with Crippen molar-refractivity contribution >= 4 is 17.4 Å². The van der Waals surface area contributed by atoms with Gasteiger partial charge in [0.15, 0.2) is 0 Å². The molecule has 1 heterocycles. The fourth-order valence-corrected chi connectivity index (χ4v) is 2.75. The Hall–Kier alpha value is -2.24. The number of carbonyl (C=O) groups excluding carboxylic acids is 2. The molecule has 2 rings (SSSR count). The molecule has 0 aromatic heterocycles. The molecule has 1 unspecified atom stereocenters. The van der Waals surface area contributed by atoms with Crippen LogP contribution < -0.4 is 0 Å². The molecule has 1 fully saturated rings. The second-order valence-corrected chi connectivity index (χ2v) is 5.46. The first-order valence-electron chi connectivity index (χ1n) is 6.95. The first kappa shape index (κ1) is 15.2. The molecule has 0 bridgehead atoms. The molecule has 1 saturated heterocycles. The van der Waals surface area contributed by atoms with Crippen LogP contribution in [0.3, 0.4) is 0 Å². The maximum absolute atomic E-state index is 12.5. The van der Waals surface area contributed by atoms with Crippen LogP contribution in [0.1, 0.15) is 42.1 Å². The second kappa shape index (κ2) is 6.03. The highest BCUT2D eigenvalue weighted by atomic mass is 16.6. The Kier molecular flexibility index (Phi) is 4.35. The topological polar surface area (TPSA) is 80.5 Å². The quantitative estimate of drug-likeness (QED) is 0.630. The molecular weight excluding hydrogens is 272 g/mol. The van der Waals surface area contributed by atoms with E-state index in [0.29, 0.717) is 24.1 Å². The van der Waals surface area contributed by atoms with Crippen LogP contribution in [-0.2, 0) is 4.79 Å². The van der Waals surface area contributed by atoms with Gasteiger partial charge in [0.2, 0.25) is 0 Å². The summed E-state index contributed by atoms with van der Waals surface area (Å²) in [5, 5.41) is 11.0. The fourth-order valence-electron chi connectivity index (χ4n) is 2.75. The van der Waals surface area contributed by atoms with E-state index in [1.54, 1.807) is 24.0 Å².